The van der Waals surface area contributed by atoms with Crippen molar-refractivity contribution in [1.82, 2.24) is 30.4 Å². The van der Waals surface area contributed by atoms with E-state index >= 15 is 0 Å². The topological polar surface area (TPSA) is 172 Å². The Bertz CT molecular complexity index is 1070. The Morgan fingerprint density at radius 3 is 2.67 bits per heavy atom. The van der Waals surface area contributed by atoms with Gasteiger partial charge in [0, 0.05) is 18.6 Å². The summed E-state index contributed by atoms with van der Waals surface area (Å²) in [6.07, 6.45) is 0. The lowest BCUT2D eigenvalue weighted by Gasteiger charge is -2.49. The van der Waals surface area contributed by atoms with Gasteiger partial charge in [-0.1, -0.05) is 11.8 Å². The lowest BCUT2D eigenvalue weighted by molar-refractivity contribution is -0.168. The van der Waals surface area contributed by atoms with Gasteiger partial charge in [-0.3, -0.25) is 19.3 Å². The summed E-state index contributed by atoms with van der Waals surface area (Å²) < 4.78 is 48.3. The van der Waals surface area contributed by atoms with Gasteiger partial charge < -0.3 is 20.5 Å². The molecule has 1 fully saturated rings. The number of rotatable bonds is 10. The Balaban J connectivity index is 1.73. The van der Waals surface area contributed by atoms with E-state index in [0.717, 1.165) is 4.90 Å². The van der Waals surface area contributed by atoms with Crippen LogP contribution in [-0.2, 0) is 35.7 Å². The number of alkyl halides is 3. The quantitative estimate of drug-likeness (QED) is 0.161. The molecule has 0 saturated carbocycles. The van der Waals surface area contributed by atoms with Gasteiger partial charge in [-0.2, -0.15) is 13.2 Å². The largest absolute Gasteiger partial charge is 0.442 e. The number of tetrazole rings is 1. The van der Waals surface area contributed by atoms with Crippen LogP contribution in [-0.4, -0.2) is 95.9 Å². The van der Waals surface area contributed by atoms with Gasteiger partial charge in [0.1, 0.15) is 23.2 Å². The van der Waals surface area contributed by atoms with Gasteiger partial charge in [0.05, 0.1) is 5.75 Å². The molecular weight excluding hydrogens is 551 g/mol. The van der Waals surface area contributed by atoms with E-state index in [1.807, 2.05) is 0 Å². The summed E-state index contributed by atoms with van der Waals surface area (Å²) in [5.41, 5.74) is 1.16. The van der Waals surface area contributed by atoms with Gasteiger partial charge in [-0.15, -0.1) is 16.9 Å². The van der Waals surface area contributed by atoms with E-state index in [0.29, 0.717) is 10.7 Å². The Morgan fingerprint density at radius 2 is 2.06 bits per heavy atom. The number of fused-ring (bicyclic) bond motifs is 1. The minimum atomic E-state index is -4.60. The zero-order valence-corrected chi connectivity index (χ0v) is 21.1. The van der Waals surface area contributed by atoms with Crippen LogP contribution in [0.4, 0.5) is 13.2 Å². The number of thioether (sulfide) groups is 3. The second-order valence-electron chi connectivity index (χ2n) is 7.32. The number of nitrogens with two attached hydrogens (primary N) is 1. The molecule has 1 aromatic rings. The Morgan fingerprint density at radius 1 is 1.33 bits per heavy atom. The predicted octanol–water partition coefficient (Wildman–Crippen LogP) is -0.400. The van der Waals surface area contributed by atoms with E-state index in [2.05, 4.69) is 20.8 Å². The monoisotopic (exact) mass is 571 g/mol. The number of β-lactam (4-membered cyclic amide) rings is 1. The van der Waals surface area contributed by atoms with Crippen molar-refractivity contribution in [2.24, 2.45) is 12.8 Å². The van der Waals surface area contributed by atoms with Crippen LogP contribution in [0.15, 0.2) is 16.4 Å². The molecule has 3 atom stereocenters. The fourth-order valence-corrected chi connectivity index (χ4v) is 5.69. The summed E-state index contributed by atoms with van der Waals surface area (Å²) in [6, 6.07) is -2.06. The van der Waals surface area contributed by atoms with Crippen LogP contribution in [0.25, 0.3) is 0 Å². The molecular formula is C17H20F3N7O6S3. The van der Waals surface area contributed by atoms with Crippen LogP contribution in [0.2, 0.25) is 0 Å². The molecule has 3 heterocycles. The van der Waals surface area contributed by atoms with E-state index in [1.165, 1.54) is 35.1 Å². The lowest BCUT2D eigenvalue weighted by atomic mass is 10.0. The van der Waals surface area contributed by atoms with Gasteiger partial charge in [0.2, 0.25) is 17.9 Å². The zero-order valence-electron chi connectivity index (χ0n) is 18.7. The van der Waals surface area contributed by atoms with E-state index in [4.69, 9.17) is 15.2 Å². The highest BCUT2D eigenvalue weighted by Gasteiger charge is 2.54. The molecule has 2 aliphatic rings. The number of hydrogen-bond acceptors (Lipinski definition) is 13. The molecule has 0 radical (unpaired) electrons. The van der Waals surface area contributed by atoms with E-state index in [1.54, 1.807) is 7.05 Å². The number of carbonyl (C=O) groups is 4. The Kier molecular flexibility index (Phi) is 9.12. The number of ether oxygens (including phenoxy) is 2. The molecule has 2 amide bonds. The number of nitrogens with one attached hydrogen (secondary N) is 1. The molecule has 3 N–H and O–H groups in total. The number of halogens is 3. The first-order valence-electron chi connectivity index (χ1n) is 10.00. The second-order valence-corrected chi connectivity index (χ2v) is 10.4. The first-order chi connectivity index (χ1) is 16.9. The van der Waals surface area contributed by atoms with Gasteiger partial charge in [-0.25, -0.2) is 9.48 Å². The smallest absolute Gasteiger partial charge is 0.427 e. The third-order valence-corrected chi connectivity index (χ3v) is 7.81. The molecule has 2 aliphatic heterocycles. The van der Waals surface area contributed by atoms with Crippen LogP contribution in [0.5, 0.6) is 0 Å². The van der Waals surface area contributed by atoms with Crippen molar-refractivity contribution >= 4 is 59.0 Å². The maximum Gasteiger partial charge on any atom is 0.442 e. The number of esters is 2. The van der Waals surface area contributed by atoms with Crippen LogP contribution in [0.3, 0.4) is 0 Å². The third kappa shape index (κ3) is 6.83. The molecule has 19 heteroatoms. The highest BCUT2D eigenvalue weighted by Crippen LogP contribution is 2.42. The fourth-order valence-electron chi connectivity index (χ4n) is 2.98. The Hall–Kier alpha value is -2.51. The maximum atomic E-state index is 12.9. The summed E-state index contributed by atoms with van der Waals surface area (Å²) in [4.78, 5) is 50.3. The van der Waals surface area contributed by atoms with E-state index < -0.39 is 71.0 Å². The highest BCUT2D eigenvalue weighted by atomic mass is 32.2. The molecule has 0 bridgehead atoms. The van der Waals surface area contributed by atoms with Crippen molar-refractivity contribution in [3.63, 3.8) is 0 Å². The molecule has 36 heavy (non-hydrogen) atoms. The van der Waals surface area contributed by atoms with Crippen LogP contribution >= 0.6 is 35.3 Å². The summed E-state index contributed by atoms with van der Waals surface area (Å²) >= 11 is 1.88. The van der Waals surface area contributed by atoms with E-state index in [-0.39, 0.29) is 17.2 Å². The van der Waals surface area contributed by atoms with Crippen molar-refractivity contribution in [2.45, 2.75) is 35.0 Å². The first kappa shape index (κ1) is 28.1. The zero-order chi connectivity index (χ0) is 26.6. The van der Waals surface area contributed by atoms with E-state index in [9.17, 15) is 32.3 Å². The average molecular weight is 572 g/mol. The van der Waals surface area contributed by atoms with Crippen LogP contribution in [0.1, 0.15) is 6.92 Å². The van der Waals surface area contributed by atoms with Crippen LogP contribution < -0.4 is 11.1 Å². The number of aromatic nitrogens is 4. The summed E-state index contributed by atoms with van der Waals surface area (Å²) in [5, 5.41) is 13.1. The number of hydrogen-bond donors (Lipinski definition) is 2. The molecule has 198 valence electrons. The highest BCUT2D eigenvalue weighted by molar-refractivity contribution is 8.01. The Labute approximate surface area is 214 Å². The van der Waals surface area contributed by atoms with Gasteiger partial charge in [-0.05, 0) is 34.7 Å². The molecule has 3 rings (SSSR count). The SMILES string of the molecule is C[C@H](N)C(=O)OCOC(=O)C1=C(CSc2nnnn2C)CS[C@@H]2C(NC(=O)CSC(F)(F)F)C(=O)N12. The number of aryl methyl sites for hydroxylation is 1. The van der Waals surface area contributed by atoms with Crippen molar-refractivity contribution in [1.29, 1.82) is 0 Å². The molecule has 1 aromatic heterocycles. The molecule has 1 unspecified atom stereocenters. The minimum absolute atomic E-state index is 0.113. The summed E-state index contributed by atoms with van der Waals surface area (Å²) in [7, 11) is 1.62. The number of nitrogens with zero attached hydrogens (tertiary/aromatic N) is 5. The van der Waals surface area contributed by atoms with Crippen molar-refractivity contribution in [3.8, 4) is 0 Å². The summed E-state index contributed by atoms with van der Waals surface area (Å²) in [6.45, 7) is 0.637. The molecule has 1 saturated heterocycles. The minimum Gasteiger partial charge on any atom is -0.427 e. The first-order valence-corrected chi connectivity index (χ1v) is 13.0. The summed E-state index contributed by atoms with van der Waals surface area (Å²) in [5.74, 6) is -3.91. The maximum absolute atomic E-state index is 12.9. The fraction of sp³-hybridized carbons (Fsp3) is 0.588. The van der Waals surface area contributed by atoms with Crippen molar-refractivity contribution in [3.05, 3.63) is 11.3 Å². The molecule has 0 aromatic carbocycles. The molecule has 0 spiro atoms. The standard InChI is InChI=1S/C17H20F3N7O6S3/c1-7(21)14(30)32-6-33-15(31)11-8(4-35-16-23-24-25-26(16)2)3-34-13-10(12(29)27(11)13)22-9(28)5-36-17(18,19)20/h7,10,13H,3-6,21H2,1-2H3,(H,22,28)/t7-,10?,13+/m0/s1. The molecule has 13 nitrogen and oxygen atoms in total. The molecule has 0 aliphatic carbocycles. The average Bonchev–Trinajstić information content (AvgIpc) is 3.22. The predicted molar refractivity (Wildman–Crippen MR) is 121 cm³/mol. The second kappa shape index (κ2) is 11.7. The number of amides is 2. The lowest BCUT2D eigenvalue weighted by Crippen LogP contribution is -2.70. The van der Waals surface area contributed by atoms with Gasteiger partial charge >= 0.3 is 17.4 Å². The third-order valence-electron chi connectivity index (χ3n) is 4.64. The van der Waals surface area contributed by atoms with Gasteiger partial charge in [0.25, 0.3) is 5.91 Å². The van der Waals surface area contributed by atoms with Gasteiger partial charge in [0.15, 0.2) is 0 Å². The van der Waals surface area contributed by atoms with Crippen molar-refractivity contribution < 1.29 is 41.8 Å². The number of carbonyl (C=O) groups excluding carboxylic acids is 4. The van der Waals surface area contributed by atoms with Crippen molar-refractivity contribution in [2.75, 3.05) is 24.1 Å². The van der Waals surface area contributed by atoms with Crippen LogP contribution in [0, 0.1) is 0 Å². The normalized spacial score (nSPS) is 20.4.